The molecule has 25 heavy (non-hydrogen) atoms. The molecule has 1 aromatic heterocycles. The minimum Gasteiger partial charge on any atom is -0.497 e. The lowest BCUT2D eigenvalue weighted by Gasteiger charge is -2.21. The summed E-state index contributed by atoms with van der Waals surface area (Å²) in [7, 11) is 1.72. The minimum absolute atomic E-state index is 0.917. The molecule has 3 nitrogen and oxygen atoms in total. The second-order valence-corrected chi connectivity index (χ2v) is 6.27. The molecule has 0 unspecified atom stereocenters. The fraction of sp³-hybridized carbons (Fsp3) is 0.273. The van der Waals surface area contributed by atoms with Crippen molar-refractivity contribution in [2.24, 2.45) is 0 Å². The van der Waals surface area contributed by atoms with Crippen LogP contribution in [-0.2, 0) is 13.0 Å². The van der Waals surface area contributed by atoms with Gasteiger partial charge < -0.3 is 9.72 Å². The quantitative estimate of drug-likeness (QED) is 0.600. The largest absolute Gasteiger partial charge is 0.497 e. The summed E-state index contributed by atoms with van der Waals surface area (Å²) in [6.45, 7) is 4.97. The summed E-state index contributed by atoms with van der Waals surface area (Å²) in [5.41, 5.74) is 3.87. The molecule has 0 aliphatic carbocycles. The molecule has 0 atom stereocenters. The normalized spacial score (nSPS) is 11.6. The van der Waals surface area contributed by atoms with Gasteiger partial charge in [-0.15, -0.1) is 0 Å². The van der Waals surface area contributed by atoms with E-state index in [0.29, 0.717) is 0 Å². The first kappa shape index (κ1) is 17.3. The van der Waals surface area contributed by atoms with Gasteiger partial charge in [-0.3, -0.25) is 4.90 Å². The van der Waals surface area contributed by atoms with Crippen LogP contribution in [-0.4, -0.2) is 30.1 Å². The number of nitrogens with zero attached hydrogens (tertiary/aromatic N) is 1. The Kier molecular flexibility index (Phi) is 5.91. The molecule has 0 fully saturated rings. The molecule has 0 bridgehead atoms. The Morgan fingerprint density at radius 1 is 1.12 bits per heavy atom. The second kappa shape index (κ2) is 8.54. The molecule has 0 radical (unpaired) electrons. The minimum atomic E-state index is 0.917. The lowest BCUT2D eigenvalue weighted by atomic mass is 10.1. The van der Waals surface area contributed by atoms with E-state index in [1.165, 1.54) is 22.0 Å². The van der Waals surface area contributed by atoms with Crippen molar-refractivity contribution in [2.45, 2.75) is 19.9 Å². The van der Waals surface area contributed by atoms with E-state index in [0.717, 1.165) is 31.8 Å². The molecular formula is C22H26N2O. The zero-order valence-electron chi connectivity index (χ0n) is 15.0. The number of hydrogen-bond acceptors (Lipinski definition) is 2. The van der Waals surface area contributed by atoms with Crippen LogP contribution in [0.2, 0.25) is 0 Å². The number of aromatic nitrogens is 1. The van der Waals surface area contributed by atoms with E-state index in [2.05, 4.69) is 77.6 Å². The summed E-state index contributed by atoms with van der Waals surface area (Å²) in [5.74, 6) is 0.917. The van der Waals surface area contributed by atoms with Crippen LogP contribution in [0.3, 0.4) is 0 Å². The zero-order chi connectivity index (χ0) is 17.5. The van der Waals surface area contributed by atoms with Crippen molar-refractivity contribution >= 4 is 10.9 Å². The van der Waals surface area contributed by atoms with Gasteiger partial charge in [-0.25, -0.2) is 0 Å². The molecule has 0 amide bonds. The number of hydrogen-bond donors (Lipinski definition) is 1. The molecule has 2 aromatic carbocycles. The summed E-state index contributed by atoms with van der Waals surface area (Å²) in [6, 6.07) is 16.8. The number of rotatable bonds is 8. The van der Waals surface area contributed by atoms with Crippen molar-refractivity contribution in [1.82, 2.24) is 9.88 Å². The first-order valence-corrected chi connectivity index (χ1v) is 8.81. The van der Waals surface area contributed by atoms with Crippen molar-refractivity contribution in [2.75, 3.05) is 20.2 Å². The molecule has 0 spiro atoms. The highest BCUT2D eigenvalue weighted by molar-refractivity contribution is 5.83. The van der Waals surface area contributed by atoms with Gasteiger partial charge in [0.2, 0.25) is 0 Å². The van der Waals surface area contributed by atoms with Gasteiger partial charge in [0.1, 0.15) is 5.75 Å². The third kappa shape index (κ3) is 4.52. The highest BCUT2D eigenvalue weighted by atomic mass is 16.5. The van der Waals surface area contributed by atoms with Gasteiger partial charge in [0.15, 0.2) is 0 Å². The average molecular weight is 334 g/mol. The lowest BCUT2D eigenvalue weighted by molar-refractivity contribution is 0.298. The monoisotopic (exact) mass is 334 g/mol. The molecule has 1 N–H and O–H groups in total. The van der Waals surface area contributed by atoms with Gasteiger partial charge in [0.05, 0.1) is 7.11 Å². The van der Waals surface area contributed by atoms with E-state index in [-0.39, 0.29) is 0 Å². The summed E-state index contributed by atoms with van der Waals surface area (Å²) < 4.78 is 5.35. The maximum atomic E-state index is 5.35. The van der Waals surface area contributed by atoms with Gasteiger partial charge in [0.25, 0.3) is 0 Å². The van der Waals surface area contributed by atoms with Gasteiger partial charge in [-0.05, 0) is 42.7 Å². The van der Waals surface area contributed by atoms with Crippen molar-refractivity contribution in [3.05, 3.63) is 78.0 Å². The maximum absolute atomic E-state index is 5.35. The van der Waals surface area contributed by atoms with Crippen LogP contribution in [0.15, 0.2) is 66.9 Å². The van der Waals surface area contributed by atoms with Crippen LogP contribution >= 0.6 is 0 Å². The first-order valence-electron chi connectivity index (χ1n) is 8.81. The number of nitrogens with one attached hydrogen (secondary N) is 1. The van der Waals surface area contributed by atoms with E-state index in [1.807, 2.05) is 6.07 Å². The van der Waals surface area contributed by atoms with E-state index < -0.39 is 0 Å². The Hall–Kier alpha value is -2.52. The van der Waals surface area contributed by atoms with Gasteiger partial charge in [-0.2, -0.15) is 0 Å². The third-order valence-corrected chi connectivity index (χ3v) is 4.51. The van der Waals surface area contributed by atoms with E-state index in [1.54, 1.807) is 7.11 Å². The van der Waals surface area contributed by atoms with Crippen LogP contribution in [0.1, 0.15) is 18.1 Å². The van der Waals surface area contributed by atoms with E-state index >= 15 is 0 Å². The molecule has 3 rings (SSSR count). The summed E-state index contributed by atoms with van der Waals surface area (Å²) in [4.78, 5) is 5.84. The topological polar surface area (TPSA) is 28.3 Å². The second-order valence-electron chi connectivity index (χ2n) is 6.27. The maximum Gasteiger partial charge on any atom is 0.119 e. The molecule has 3 aromatic rings. The Labute approximate surface area is 149 Å². The average Bonchev–Trinajstić information content (AvgIpc) is 3.07. The summed E-state index contributed by atoms with van der Waals surface area (Å²) in [6.07, 6.45) is 7.51. The highest BCUT2D eigenvalue weighted by Crippen LogP contribution is 2.19. The van der Waals surface area contributed by atoms with Gasteiger partial charge >= 0.3 is 0 Å². The first-order chi connectivity index (χ1) is 12.3. The number of benzene rings is 2. The smallest absolute Gasteiger partial charge is 0.119 e. The number of aromatic amines is 1. The molecule has 0 aliphatic rings. The summed E-state index contributed by atoms with van der Waals surface area (Å²) >= 11 is 0. The standard InChI is InChI=1S/C22H26N2O/c1-3-4-13-24(17-18-8-7-9-20(15-18)25-2)14-12-19-16-23-22-11-6-5-10-21(19)22/h3-11,15-16,23H,12-14,17H2,1-2H3/b4-3+. The van der Waals surface area contributed by atoms with Crippen LogP contribution in [0.4, 0.5) is 0 Å². The fourth-order valence-electron chi connectivity index (χ4n) is 3.14. The van der Waals surface area contributed by atoms with E-state index in [9.17, 15) is 0 Å². The zero-order valence-corrected chi connectivity index (χ0v) is 15.0. The number of ether oxygens (including phenoxy) is 1. The Morgan fingerprint density at radius 2 is 2.00 bits per heavy atom. The Morgan fingerprint density at radius 3 is 2.84 bits per heavy atom. The number of methoxy groups -OCH3 is 1. The number of H-pyrrole nitrogens is 1. The molecule has 1 heterocycles. The van der Waals surface area contributed by atoms with Crippen molar-refractivity contribution in [3.63, 3.8) is 0 Å². The predicted molar refractivity (Wildman–Crippen MR) is 105 cm³/mol. The molecule has 130 valence electrons. The molecule has 0 aliphatic heterocycles. The highest BCUT2D eigenvalue weighted by Gasteiger charge is 2.08. The van der Waals surface area contributed by atoms with Crippen molar-refractivity contribution < 1.29 is 4.74 Å². The number of allylic oxidation sites excluding steroid dienone is 1. The van der Waals surface area contributed by atoms with E-state index in [4.69, 9.17) is 4.74 Å². The van der Waals surface area contributed by atoms with Crippen molar-refractivity contribution in [3.8, 4) is 5.75 Å². The van der Waals surface area contributed by atoms with Crippen LogP contribution < -0.4 is 4.74 Å². The van der Waals surface area contributed by atoms with Crippen LogP contribution in [0, 0.1) is 0 Å². The number of para-hydroxylation sites is 1. The summed E-state index contributed by atoms with van der Waals surface area (Å²) in [5, 5.41) is 1.33. The number of fused-ring (bicyclic) bond motifs is 1. The Bertz CT molecular complexity index is 835. The third-order valence-electron chi connectivity index (χ3n) is 4.51. The van der Waals surface area contributed by atoms with Crippen LogP contribution in [0.5, 0.6) is 5.75 Å². The molecule has 3 heteroatoms. The van der Waals surface area contributed by atoms with Crippen LogP contribution in [0.25, 0.3) is 10.9 Å². The van der Waals surface area contributed by atoms with Gasteiger partial charge in [-0.1, -0.05) is 42.5 Å². The lowest BCUT2D eigenvalue weighted by Crippen LogP contribution is -2.26. The molecule has 0 saturated heterocycles. The molecular weight excluding hydrogens is 308 g/mol. The Balaban J connectivity index is 1.70. The fourth-order valence-corrected chi connectivity index (χ4v) is 3.14. The van der Waals surface area contributed by atoms with Gasteiger partial charge in [0, 0.05) is 36.7 Å². The SMILES string of the molecule is C/C=C/CN(CCc1c[nH]c2ccccc12)Cc1cccc(OC)c1. The predicted octanol–water partition coefficient (Wildman–Crippen LogP) is 4.80. The molecule has 0 saturated carbocycles. The van der Waals surface area contributed by atoms with Crippen molar-refractivity contribution in [1.29, 1.82) is 0 Å².